The molecule has 2 fully saturated rings. The second-order valence-electron chi connectivity index (χ2n) is 9.87. The van der Waals surface area contributed by atoms with Crippen LogP contribution >= 0.6 is 0 Å². The molecule has 0 unspecified atom stereocenters. The molecule has 32 heavy (non-hydrogen) atoms. The molecule has 3 heterocycles. The third-order valence-corrected chi connectivity index (χ3v) is 8.59. The van der Waals surface area contributed by atoms with Crippen molar-refractivity contribution in [3.05, 3.63) is 35.9 Å². The molecule has 1 N–H and O–H groups in total. The molecule has 0 bridgehead atoms. The van der Waals surface area contributed by atoms with Gasteiger partial charge in [0.05, 0.1) is 19.8 Å². The number of carbonyl (C=O) groups is 1. The van der Waals surface area contributed by atoms with Gasteiger partial charge in [-0.1, -0.05) is 25.1 Å². The molecule has 1 spiro atoms. The van der Waals surface area contributed by atoms with Crippen LogP contribution in [0.4, 0.5) is 5.69 Å². The van der Waals surface area contributed by atoms with Gasteiger partial charge in [-0.25, -0.2) is 0 Å². The maximum Gasteiger partial charge on any atom is 0.303 e. The van der Waals surface area contributed by atoms with E-state index in [2.05, 4.69) is 41.0 Å². The van der Waals surface area contributed by atoms with E-state index in [4.69, 9.17) is 14.2 Å². The zero-order chi connectivity index (χ0) is 22.9. The fraction of sp³-hybridized carbons (Fsp3) is 0.640. The third kappa shape index (κ3) is 2.45. The number of nitrogens with zero attached hydrogens (tertiary/aromatic N) is 2. The van der Waals surface area contributed by atoms with Crippen molar-refractivity contribution >= 4 is 11.7 Å². The molecule has 1 saturated heterocycles. The number of methoxy groups -OCH3 is 2. The average Bonchev–Trinajstić information content (AvgIpc) is 3.28. The van der Waals surface area contributed by atoms with E-state index in [1.54, 1.807) is 14.2 Å². The van der Waals surface area contributed by atoms with Gasteiger partial charge in [0.2, 0.25) is 0 Å². The Kier molecular flexibility index (Phi) is 4.89. The zero-order valence-electron chi connectivity index (χ0n) is 19.6. The van der Waals surface area contributed by atoms with E-state index in [-0.39, 0.29) is 30.1 Å². The number of hydrogen-bond acceptors (Lipinski definition) is 7. The Labute approximate surface area is 189 Å². The highest BCUT2D eigenvalue weighted by Crippen LogP contribution is 2.67. The Morgan fingerprint density at radius 3 is 2.72 bits per heavy atom. The van der Waals surface area contributed by atoms with Crippen LogP contribution in [0.3, 0.4) is 0 Å². The number of ether oxygens (including phenoxy) is 3. The van der Waals surface area contributed by atoms with Crippen LogP contribution in [0.15, 0.2) is 30.4 Å². The van der Waals surface area contributed by atoms with Crippen LogP contribution in [0, 0.1) is 5.41 Å². The van der Waals surface area contributed by atoms with Crippen molar-refractivity contribution in [1.29, 1.82) is 0 Å². The second-order valence-corrected chi connectivity index (χ2v) is 9.87. The lowest BCUT2D eigenvalue weighted by molar-refractivity contribution is -0.231. The highest BCUT2D eigenvalue weighted by molar-refractivity contribution is 5.71. The van der Waals surface area contributed by atoms with Crippen LogP contribution in [0.25, 0.3) is 0 Å². The van der Waals surface area contributed by atoms with E-state index >= 15 is 0 Å². The fourth-order valence-corrected chi connectivity index (χ4v) is 7.84. The van der Waals surface area contributed by atoms with E-state index in [1.807, 2.05) is 13.1 Å². The molecule has 7 heteroatoms. The van der Waals surface area contributed by atoms with Gasteiger partial charge in [0, 0.05) is 56.3 Å². The van der Waals surface area contributed by atoms with Gasteiger partial charge < -0.3 is 24.2 Å². The standard InChI is InChI=1S/C25H34N2O5/c1-6-23-10-7-12-27-13-11-24(20(23)27)18-9-8-17(31-5)14-19(18)26(3)21(24)25(29,15-30-4)22(23)32-16(2)28/h7-10,14,20-22,29H,6,11-13,15H2,1-5H3/t20-,21+,22+,23+,24+,25-/m0/s1. The molecule has 1 aromatic carbocycles. The van der Waals surface area contributed by atoms with Gasteiger partial charge in [0.25, 0.3) is 0 Å². The molecule has 0 aromatic heterocycles. The van der Waals surface area contributed by atoms with Crippen molar-refractivity contribution in [2.24, 2.45) is 5.41 Å². The summed E-state index contributed by atoms with van der Waals surface area (Å²) in [6, 6.07) is 6.06. The van der Waals surface area contributed by atoms with Crippen molar-refractivity contribution in [2.75, 3.05) is 45.9 Å². The van der Waals surface area contributed by atoms with E-state index in [1.165, 1.54) is 12.5 Å². The minimum absolute atomic E-state index is 0.0785. The Hall–Kier alpha value is -2.09. The first-order valence-electron chi connectivity index (χ1n) is 11.5. The highest BCUT2D eigenvalue weighted by atomic mass is 16.6. The molecule has 0 amide bonds. The Bertz CT molecular complexity index is 966. The largest absolute Gasteiger partial charge is 0.497 e. The number of anilines is 1. The normalized spacial score (nSPS) is 39.4. The molecular formula is C25H34N2O5. The van der Waals surface area contributed by atoms with Gasteiger partial charge >= 0.3 is 5.97 Å². The minimum atomic E-state index is -1.40. The van der Waals surface area contributed by atoms with Crippen molar-refractivity contribution in [3.8, 4) is 5.75 Å². The lowest BCUT2D eigenvalue weighted by atomic mass is 9.48. The molecule has 1 aromatic rings. The maximum atomic E-state index is 12.5. The molecule has 0 radical (unpaired) electrons. The van der Waals surface area contributed by atoms with Gasteiger partial charge in [-0.2, -0.15) is 0 Å². The summed E-state index contributed by atoms with van der Waals surface area (Å²) in [7, 11) is 5.30. The van der Waals surface area contributed by atoms with E-state index in [9.17, 15) is 9.90 Å². The summed E-state index contributed by atoms with van der Waals surface area (Å²) in [5.74, 6) is 0.408. The lowest BCUT2D eigenvalue weighted by Gasteiger charge is -2.64. The molecule has 7 nitrogen and oxygen atoms in total. The smallest absolute Gasteiger partial charge is 0.303 e. The quantitative estimate of drug-likeness (QED) is 0.553. The Morgan fingerprint density at radius 1 is 1.28 bits per heavy atom. The van der Waals surface area contributed by atoms with Crippen molar-refractivity contribution in [1.82, 2.24) is 4.90 Å². The summed E-state index contributed by atoms with van der Waals surface area (Å²) in [6.07, 6.45) is 5.34. The molecule has 174 valence electrons. The number of esters is 1. The SMILES string of the molecule is CC[C@]12C=CCN3CC[C@@]4(c5ccc(OC)cc5N(C)[C@H]4[C@@](O)(COC)[C@@H]1OC(C)=O)[C@@H]32. The average molecular weight is 443 g/mol. The number of benzene rings is 1. The van der Waals surface area contributed by atoms with Crippen LogP contribution in [0.1, 0.15) is 32.3 Å². The summed E-state index contributed by atoms with van der Waals surface area (Å²) in [4.78, 5) is 17.0. The first-order valence-corrected chi connectivity index (χ1v) is 11.5. The van der Waals surface area contributed by atoms with Crippen LogP contribution in [0.5, 0.6) is 5.75 Å². The monoisotopic (exact) mass is 442 g/mol. The van der Waals surface area contributed by atoms with E-state index < -0.39 is 17.1 Å². The van der Waals surface area contributed by atoms with Gasteiger partial charge in [-0.15, -0.1) is 0 Å². The first kappa shape index (κ1) is 21.7. The summed E-state index contributed by atoms with van der Waals surface area (Å²) in [6.45, 7) is 5.44. The molecule has 1 saturated carbocycles. The molecule has 3 aliphatic heterocycles. The number of likely N-dealkylation sites (N-methyl/N-ethyl adjacent to an activating group) is 1. The third-order valence-electron chi connectivity index (χ3n) is 8.59. The molecule has 4 aliphatic rings. The number of carbonyl (C=O) groups excluding carboxylic acids is 1. The highest BCUT2D eigenvalue weighted by Gasteiger charge is 2.77. The Balaban J connectivity index is 1.82. The van der Waals surface area contributed by atoms with Gasteiger partial charge in [-0.3, -0.25) is 9.69 Å². The van der Waals surface area contributed by atoms with E-state index in [0.29, 0.717) is 0 Å². The van der Waals surface area contributed by atoms with Crippen molar-refractivity contribution < 1.29 is 24.1 Å². The van der Waals surface area contributed by atoms with E-state index in [0.717, 1.165) is 37.4 Å². The predicted molar refractivity (Wildman–Crippen MR) is 121 cm³/mol. The van der Waals surface area contributed by atoms with Gasteiger partial charge in [0.15, 0.2) is 0 Å². The number of fused-ring (bicyclic) bond motifs is 1. The summed E-state index contributed by atoms with van der Waals surface area (Å²) in [5, 5.41) is 12.5. The van der Waals surface area contributed by atoms with Crippen molar-refractivity contribution in [3.63, 3.8) is 0 Å². The minimum Gasteiger partial charge on any atom is -0.497 e. The number of rotatable bonds is 5. The summed E-state index contributed by atoms with van der Waals surface area (Å²) in [5.41, 5.74) is 0.0650. The topological polar surface area (TPSA) is 71.5 Å². The van der Waals surface area contributed by atoms with Gasteiger partial charge in [0.1, 0.15) is 17.5 Å². The second kappa shape index (κ2) is 7.20. The molecule has 1 aliphatic carbocycles. The van der Waals surface area contributed by atoms with Gasteiger partial charge in [-0.05, 0) is 31.0 Å². The maximum absolute atomic E-state index is 12.5. The fourth-order valence-electron chi connectivity index (χ4n) is 7.84. The molecule has 5 rings (SSSR count). The van der Waals surface area contributed by atoms with Crippen LogP contribution in [-0.4, -0.2) is 80.7 Å². The first-order chi connectivity index (χ1) is 15.3. The molecule has 6 atom stereocenters. The number of aliphatic hydroxyl groups is 1. The Morgan fingerprint density at radius 2 is 2.06 bits per heavy atom. The van der Waals surface area contributed by atoms with Crippen LogP contribution in [0.2, 0.25) is 0 Å². The summed E-state index contributed by atoms with van der Waals surface area (Å²) >= 11 is 0. The predicted octanol–water partition coefficient (Wildman–Crippen LogP) is 2.11. The number of hydrogen-bond donors (Lipinski definition) is 1. The summed E-state index contributed by atoms with van der Waals surface area (Å²) < 4.78 is 17.2. The lowest BCUT2D eigenvalue weighted by Crippen LogP contribution is -2.80. The van der Waals surface area contributed by atoms with Crippen LogP contribution < -0.4 is 9.64 Å². The zero-order valence-corrected chi connectivity index (χ0v) is 19.6. The van der Waals surface area contributed by atoms with Crippen LogP contribution in [-0.2, 0) is 19.7 Å². The van der Waals surface area contributed by atoms with Crippen molar-refractivity contribution in [2.45, 2.75) is 55.9 Å². The molecular weight excluding hydrogens is 408 g/mol.